The summed E-state index contributed by atoms with van der Waals surface area (Å²) in [4.78, 5) is 13.6. The highest BCUT2D eigenvalue weighted by molar-refractivity contribution is 6.92. The van der Waals surface area contributed by atoms with Crippen LogP contribution in [0.5, 0.6) is 0 Å². The second-order valence-corrected chi connectivity index (χ2v) is 33.4. The van der Waals surface area contributed by atoms with Crippen LogP contribution in [0.15, 0.2) is 70.9 Å². The van der Waals surface area contributed by atoms with Gasteiger partial charge >= 0.3 is 0 Å². The van der Waals surface area contributed by atoms with Gasteiger partial charge in [0.25, 0.3) is 0 Å². The Balaban J connectivity index is 1.81. The molecule has 40 heavy (non-hydrogen) atoms. The molecule has 0 aromatic heterocycles. The van der Waals surface area contributed by atoms with Crippen LogP contribution >= 0.6 is 0 Å². The van der Waals surface area contributed by atoms with E-state index in [0.717, 1.165) is 22.6 Å². The quantitative estimate of drug-likeness (QED) is 0.172. The van der Waals surface area contributed by atoms with E-state index < -0.39 is 32.9 Å². The van der Waals surface area contributed by atoms with Crippen LogP contribution in [-0.4, -0.2) is 58.8 Å². The van der Waals surface area contributed by atoms with E-state index in [0.29, 0.717) is 12.8 Å². The smallest absolute Gasteiger partial charge is 0.168 e. The lowest BCUT2D eigenvalue weighted by Crippen LogP contribution is -2.62. The number of Topliss-reactive ketones (excluding diaryl/α,β-unsaturated/α-hetero) is 1. The van der Waals surface area contributed by atoms with Gasteiger partial charge in [0.05, 0.1) is 12.1 Å². The summed E-state index contributed by atoms with van der Waals surface area (Å²) >= 11 is 0. The molecule has 2 saturated heterocycles. The third-order valence-electron chi connectivity index (χ3n) is 8.85. The minimum Gasteiger partial charge on any atom is -0.349 e. The van der Waals surface area contributed by atoms with Gasteiger partial charge in [-0.3, -0.25) is 4.79 Å². The van der Waals surface area contributed by atoms with Gasteiger partial charge in [-0.15, -0.1) is 0 Å². The molecule has 0 N–H and O–H groups in total. The van der Waals surface area contributed by atoms with Crippen LogP contribution in [0.2, 0.25) is 76.6 Å². The van der Waals surface area contributed by atoms with Crippen molar-refractivity contribution < 1.29 is 4.79 Å². The molecule has 0 amide bonds. The van der Waals surface area contributed by atoms with Crippen molar-refractivity contribution in [2.24, 2.45) is 10.2 Å². The van der Waals surface area contributed by atoms with E-state index in [9.17, 15) is 4.79 Å². The second-order valence-electron chi connectivity index (χ2n) is 14.3. The molecule has 0 aliphatic carbocycles. The predicted octanol–water partition coefficient (Wildman–Crippen LogP) is 8.64. The summed E-state index contributed by atoms with van der Waals surface area (Å²) in [7, 11) is -6.76. The zero-order chi connectivity index (χ0) is 29.2. The van der Waals surface area contributed by atoms with Gasteiger partial charge in [-0.1, -0.05) is 126 Å². The van der Waals surface area contributed by atoms with Gasteiger partial charge in [-0.25, -0.2) is 5.10 Å². The Morgan fingerprint density at radius 1 is 0.600 bits per heavy atom. The molecule has 2 aliphatic rings. The molecule has 216 valence electrons. The van der Waals surface area contributed by atoms with Crippen molar-refractivity contribution in [3.8, 4) is 0 Å². The first-order chi connectivity index (χ1) is 18.7. The third kappa shape index (κ3) is 7.21. The minimum atomic E-state index is -1.71. The molecule has 0 unspecified atom stereocenters. The van der Waals surface area contributed by atoms with Crippen molar-refractivity contribution in [1.82, 2.24) is 8.68 Å². The van der Waals surface area contributed by atoms with Gasteiger partial charge in [-0.2, -0.15) is 5.10 Å². The zero-order valence-corrected chi connectivity index (χ0v) is 30.1. The van der Waals surface area contributed by atoms with Crippen LogP contribution in [0, 0.1) is 0 Å². The molecule has 2 aromatic carbocycles. The van der Waals surface area contributed by atoms with Gasteiger partial charge < -0.3 is 8.68 Å². The van der Waals surface area contributed by atoms with E-state index >= 15 is 0 Å². The van der Waals surface area contributed by atoms with E-state index in [-0.39, 0.29) is 5.78 Å². The fraction of sp³-hybridized carbons (Fsp3) is 0.516. The lowest BCUT2D eigenvalue weighted by molar-refractivity contribution is 0.1000. The van der Waals surface area contributed by atoms with Crippen molar-refractivity contribution in [1.29, 1.82) is 0 Å². The average Bonchev–Trinajstić information content (AvgIpc) is 2.88. The number of nitrogens with zero attached hydrogens (tertiary/aromatic N) is 4. The summed E-state index contributed by atoms with van der Waals surface area (Å²) in [6.07, 6.45) is 3.59. The summed E-state index contributed by atoms with van der Waals surface area (Å²) < 4.78 is 5.21. The fourth-order valence-corrected chi connectivity index (χ4v) is 28.6. The number of rotatable bonds is 8. The standard InChI is InChI=1S/C31H50N4OSi4/c1-37(2)21-15-22-38(3,4)34(37)32-29(26-31(36)28-19-13-10-14-20-28)25-30(27-17-11-9-12-18-27)33-35-39(5,6)23-16-24-40(35,7)8/h9-14,17-20H,15-16,21-26H2,1-8H3. The van der Waals surface area contributed by atoms with Crippen molar-refractivity contribution in [2.75, 3.05) is 0 Å². The molecular formula is C31H50N4OSi4. The maximum atomic E-state index is 13.6. The van der Waals surface area contributed by atoms with E-state index in [1.54, 1.807) is 0 Å². The number of carbonyl (C=O) groups is 1. The zero-order valence-electron chi connectivity index (χ0n) is 26.1. The van der Waals surface area contributed by atoms with Gasteiger partial charge in [0.1, 0.15) is 0 Å². The molecule has 2 aliphatic heterocycles. The normalized spacial score (nSPS) is 22.2. The summed E-state index contributed by atoms with van der Waals surface area (Å²) in [5.41, 5.74) is 3.95. The first-order valence-corrected chi connectivity index (χ1v) is 27.7. The fourth-order valence-electron chi connectivity index (χ4n) is 6.84. The second kappa shape index (κ2) is 12.0. The Morgan fingerprint density at radius 2 is 1.00 bits per heavy atom. The van der Waals surface area contributed by atoms with Gasteiger partial charge in [0.2, 0.25) is 0 Å². The summed E-state index contributed by atoms with van der Waals surface area (Å²) in [5.74, 6) is 0.144. The van der Waals surface area contributed by atoms with Crippen molar-refractivity contribution in [2.45, 2.75) is 102 Å². The van der Waals surface area contributed by atoms with Crippen molar-refractivity contribution in [3.05, 3.63) is 71.8 Å². The molecule has 2 aromatic rings. The Morgan fingerprint density at radius 3 is 1.45 bits per heavy atom. The topological polar surface area (TPSA) is 48.3 Å². The molecule has 0 atom stereocenters. The highest BCUT2D eigenvalue weighted by atomic mass is 28.4. The molecule has 2 fully saturated rings. The Labute approximate surface area is 247 Å². The SMILES string of the molecule is C[Si]1(C)CCC[Si](C)(C)N1N=C(CC(=O)c1ccccc1)CC(=NN1[Si](C)(C)CCC[Si]1(C)C)c1ccccc1. The van der Waals surface area contributed by atoms with E-state index in [1.807, 2.05) is 30.3 Å². The molecule has 2 heterocycles. The van der Waals surface area contributed by atoms with E-state index in [2.05, 4.69) is 91.4 Å². The lowest BCUT2D eigenvalue weighted by Gasteiger charge is -2.50. The molecule has 0 spiro atoms. The number of ketones is 1. The average molecular weight is 607 g/mol. The summed E-state index contributed by atoms with van der Waals surface area (Å²) in [5, 5.41) is 11.1. The number of benzene rings is 2. The molecule has 0 saturated carbocycles. The number of carbonyl (C=O) groups excluding carboxylic acids is 1. The molecule has 9 heteroatoms. The minimum absolute atomic E-state index is 0.144. The van der Waals surface area contributed by atoms with Crippen LogP contribution in [-0.2, 0) is 0 Å². The molecule has 5 nitrogen and oxygen atoms in total. The number of hydrogen-bond acceptors (Lipinski definition) is 5. The van der Waals surface area contributed by atoms with Crippen LogP contribution in [0.3, 0.4) is 0 Å². The van der Waals surface area contributed by atoms with Crippen molar-refractivity contribution in [3.63, 3.8) is 0 Å². The van der Waals surface area contributed by atoms with Crippen LogP contribution in [0.1, 0.15) is 41.6 Å². The van der Waals surface area contributed by atoms with Gasteiger partial charge in [-0.05, 0) is 29.7 Å². The Bertz CT molecular complexity index is 1210. The van der Waals surface area contributed by atoms with Crippen LogP contribution in [0.4, 0.5) is 0 Å². The molecule has 0 radical (unpaired) electrons. The van der Waals surface area contributed by atoms with E-state index in [4.69, 9.17) is 10.2 Å². The molecule has 4 rings (SSSR count). The lowest BCUT2D eigenvalue weighted by atomic mass is 9.99. The summed E-state index contributed by atoms with van der Waals surface area (Å²) in [6.45, 7) is 19.8. The summed E-state index contributed by atoms with van der Waals surface area (Å²) in [6, 6.07) is 25.5. The first-order valence-electron chi connectivity index (χ1n) is 15.1. The maximum absolute atomic E-state index is 13.6. The van der Waals surface area contributed by atoms with E-state index in [1.165, 1.54) is 37.0 Å². The number of hydrogen-bond donors (Lipinski definition) is 0. The van der Waals surface area contributed by atoms with Crippen LogP contribution < -0.4 is 0 Å². The van der Waals surface area contributed by atoms with Crippen molar-refractivity contribution >= 4 is 50.1 Å². The maximum Gasteiger partial charge on any atom is 0.168 e. The third-order valence-corrected chi connectivity index (χ3v) is 27.4. The highest BCUT2D eigenvalue weighted by Gasteiger charge is 2.45. The molecule has 0 bridgehead atoms. The first kappa shape index (κ1) is 30.9. The largest absolute Gasteiger partial charge is 0.349 e. The molecular weight excluding hydrogens is 557 g/mol. The number of hydrazone groups is 2. The highest BCUT2D eigenvalue weighted by Crippen LogP contribution is 2.37. The van der Waals surface area contributed by atoms with Gasteiger partial charge in [0, 0.05) is 17.7 Å². The predicted molar refractivity (Wildman–Crippen MR) is 182 cm³/mol. The van der Waals surface area contributed by atoms with Gasteiger partial charge in [0.15, 0.2) is 38.7 Å². The monoisotopic (exact) mass is 606 g/mol. The Kier molecular flexibility index (Phi) is 9.28. The van der Waals surface area contributed by atoms with Crippen LogP contribution in [0.25, 0.3) is 0 Å². The Hall–Kier alpha value is -2.08.